The topological polar surface area (TPSA) is 97.5 Å². The van der Waals surface area contributed by atoms with E-state index in [1.165, 1.54) is 33.7 Å². The van der Waals surface area contributed by atoms with E-state index in [0.29, 0.717) is 38.1 Å². The fraction of sp³-hybridized carbons (Fsp3) is 0.333. The Hall–Kier alpha value is -2.88. The molecule has 0 aliphatic carbocycles. The van der Waals surface area contributed by atoms with Crippen LogP contribution in [0.4, 0.5) is 0 Å². The molecule has 0 unspecified atom stereocenters. The molecule has 9 heteroatoms. The molecule has 2 aromatic heterocycles. The number of nitrogens with zero attached hydrogens (tertiary/aromatic N) is 4. The Kier molecular flexibility index (Phi) is 8.30. The van der Waals surface area contributed by atoms with Gasteiger partial charge in [0, 0.05) is 24.8 Å². The second kappa shape index (κ2) is 11.0. The van der Waals surface area contributed by atoms with Crippen LogP contribution in [0.5, 0.6) is 0 Å². The summed E-state index contributed by atoms with van der Waals surface area (Å²) in [5.74, 6) is 0.505. The van der Waals surface area contributed by atoms with Crippen molar-refractivity contribution in [2.75, 3.05) is 26.4 Å². The zero-order valence-corrected chi connectivity index (χ0v) is 15.0. The molecular weight excluding hydrogens is 352 g/mol. The molecule has 27 heavy (non-hydrogen) atoms. The molecule has 0 N–H and O–H groups in total. The molecule has 9 nitrogen and oxygen atoms in total. The quantitative estimate of drug-likeness (QED) is 0.410. The summed E-state index contributed by atoms with van der Waals surface area (Å²) in [4.78, 5) is 31.3. The number of carbonyl (C=O) groups is 2. The molecule has 2 aromatic rings. The van der Waals surface area contributed by atoms with Crippen LogP contribution in [0.3, 0.4) is 0 Å². The number of carbonyl (C=O) groups excluding carboxylic acids is 2. The van der Waals surface area contributed by atoms with E-state index in [4.69, 9.17) is 14.2 Å². The Morgan fingerprint density at radius 2 is 1.22 bits per heavy atom. The Morgan fingerprint density at radius 3 is 1.63 bits per heavy atom. The summed E-state index contributed by atoms with van der Waals surface area (Å²) in [7, 11) is 0. The molecule has 0 radical (unpaired) electrons. The SMILES string of the molecule is C=CC(=O)n1ccnc1COCCOCCOCc1nccn1C(=O)C=C. The van der Waals surface area contributed by atoms with E-state index in [0.717, 1.165) is 0 Å². The largest absolute Gasteiger partial charge is 0.377 e. The Morgan fingerprint density at radius 1 is 0.815 bits per heavy atom. The maximum atomic E-state index is 11.6. The van der Waals surface area contributed by atoms with Gasteiger partial charge in [0.1, 0.15) is 24.9 Å². The lowest BCUT2D eigenvalue weighted by atomic mass is 10.5. The lowest BCUT2D eigenvalue weighted by molar-refractivity contribution is 0.00429. The van der Waals surface area contributed by atoms with Crippen molar-refractivity contribution >= 4 is 11.8 Å². The predicted octanol–water partition coefficient (Wildman–Crippen LogP) is 1.48. The summed E-state index contributed by atoms with van der Waals surface area (Å²) in [6.07, 6.45) is 8.61. The minimum Gasteiger partial charge on any atom is -0.377 e. The van der Waals surface area contributed by atoms with Crippen molar-refractivity contribution in [1.29, 1.82) is 0 Å². The van der Waals surface area contributed by atoms with Crippen LogP contribution < -0.4 is 0 Å². The average Bonchev–Trinajstić information content (AvgIpc) is 3.34. The predicted molar refractivity (Wildman–Crippen MR) is 96.2 cm³/mol. The molecule has 0 atom stereocenters. The van der Waals surface area contributed by atoms with Gasteiger partial charge in [0.15, 0.2) is 0 Å². The monoisotopic (exact) mass is 374 g/mol. The highest BCUT2D eigenvalue weighted by Crippen LogP contribution is 2.01. The number of hydrogen-bond donors (Lipinski definition) is 0. The van der Waals surface area contributed by atoms with Crippen LogP contribution in [0, 0.1) is 0 Å². The van der Waals surface area contributed by atoms with Crippen LogP contribution in [0.2, 0.25) is 0 Å². The van der Waals surface area contributed by atoms with Crippen LogP contribution in [0.1, 0.15) is 21.2 Å². The smallest absolute Gasteiger partial charge is 0.255 e. The van der Waals surface area contributed by atoms with E-state index >= 15 is 0 Å². The van der Waals surface area contributed by atoms with Crippen molar-refractivity contribution in [2.45, 2.75) is 13.2 Å². The molecule has 0 bridgehead atoms. The lowest BCUT2D eigenvalue weighted by Gasteiger charge is -2.08. The maximum absolute atomic E-state index is 11.6. The molecule has 0 spiro atoms. The summed E-state index contributed by atoms with van der Waals surface area (Å²) in [6, 6.07) is 0. The fourth-order valence-electron chi connectivity index (χ4n) is 2.14. The highest BCUT2D eigenvalue weighted by molar-refractivity contribution is 5.90. The average molecular weight is 374 g/mol. The third-order valence-corrected chi connectivity index (χ3v) is 3.47. The van der Waals surface area contributed by atoms with Crippen molar-refractivity contribution in [1.82, 2.24) is 19.1 Å². The van der Waals surface area contributed by atoms with Crippen LogP contribution in [0.15, 0.2) is 50.1 Å². The van der Waals surface area contributed by atoms with Gasteiger partial charge in [-0.3, -0.25) is 18.7 Å². The number of hydrogen-bond acceptors (Lipinski definition) is 7. The third kappa shape index (κ3) is 6.10. The molecule has 0 fully saturated rings. The van der Waals surface area contributed by atoms with E-state index < -0.39 is 0 Å². The van der Waals surface area contributed by atoms with Crippen molar-refractivity contribution in [3.63, 3.8) is 0 Å². The first-order valence-electron chi connectivity index (χ1n) is 8.28. The van der Waals surface area contributed by atoms with Crippen molar-refractivity contribution in [3.8, 4) is 0 Å². The van der Waals surface area contributed by atoms with Crippen LogP contribution in [-0.4, -0.2) is 57.3 Å². The van der Waals surface area contributed by atoms with Crippen LogP contribution in [-0.2, 0) is 27.4 Å². The lowest BCUT2D eigenvalue weighted by Crippen LogP contribution is -2.14. The fourth-order valence-corrected chi connectivity index (χ4v) is 2.14. The summed E-state index contributed by atoms with van der Waals surface area (Å²) >= 11 is 0. The number of aromatic nitrogens is 4. The van der Waals surface area contributed by atoms with Crippen molar-refractivity contribution < 1.29 is 23.8 Å². The van der Waals surface area contributed by atoms with E-state index in [1.807, 2.05) is 0 Å². The van der Waals surface area contributed by atoms with Gasteiger partial charge in [0.05, 0.1) is 26.4 Å². The van der Waals surface area contributed by atoms with Gasteiger partial charge >= 0.3 is 0 Å². The Labute approximate surface area is 156 Å². The van der Waals surface area contributed by atoms with Gasteiger partial charge < -0.3 is 14.2 Å². The minimum absolute atomic E-state index is 0.201. The molecule has 0 amide bonds. The van der Waals surface area contributed by atoms with E-state index in [-0.39, 0.29) is 25.0 Å². The molecular formula is C18H22N4O5. The molecule has 2 rings (SSSR count). The molecule has 0 saturated carbocycles. The first-order chi connectivity index (χ1) is 13.2. The first-order valence-corrected chi connectivity index (χ1v) is 8.28. The summed E-state index contributed by atoms with van der Waals surface area (Å²) in [5.41, 5.74) is 0. The van der Waals surface area contributed by atoms with Crippen LogP contribution >= 0.6 is 0 Å². The first kappa shape index (κ1) is 20.4. The van der Waals surface area contributed by atoms with E-state index in [9.17, 15) is 9.59 Å². The zero-order valence-electron chi connectivity index (χ0n) is 15.0. The normalized spacial score (nSPS) is 10.7. The van der Waals surface area contributed by atoms with E-state index in [2.05, 4.69) is 23.1 Å². The number of imidazole rings is 2. The van der Waals surface area contributed by atoms with Crippen molar-refractivity contribution in [3.05, 3.63) is 61.7 Å². The standard InChI is InChI=1S/C18H22N4O5/c1-3-17(23)21-7-5-19-15(21)13-26-11-9-25-10-12-27-14-16-20-6-8-22(16)18(24)4-2/h3-8H,1-2,9-14H2. The molecule has 0 aliphatic heterocycles. The van der Waals surface area contributed by atoms with Gasteiger partial charge in [0.2, 0.25) is 0 Å². The number of allylic oxidation sites excluding steroid dienone is 2. The molecule has 0 aliphatic rings. The number of ether oxygens (including phenoxy) is 3. The summed E-state index contributed by atoms with van der Waals surface area (Å²) in [5, 5.41) is 0. The molecule has 2 heterocycles. The van der Waals surface area contributed by atoms with E-state index in [1.54, 1.807) is 12.4 Å². The molecule has 144 valence electrons. The zero-order chi connectivity index (χ0) is 19.5. The van der Waals surface area contributed by atoms with Gasteiger partial charge in [-0.25, -0.2) is 9.97 Å². The van der Waals surface area contributed by atoms with Gasteiger partial charge in [0.25, 0.3) is 11.8 Å². The van der Waals surface area contributed by atoms with Gasteiger partial charge in [-0.05, 0) is 12.2 Å². The van der Waals surface area contributed by atoms with Gasteiger partial charge in [-0.1, -0.05) is 13.2 Å². The highest BCUT2D eigenvalue weighted by Gasteiger charge is 2.08. The Balaban J connectivity index is 1.54. The van der Waals surface area contributed by atoms with Gasteiger partial charge in [-0.15, -0.1) is 0 Å². The summed E-state index contributed by atoms with van der Waals surface area (Å²) < 4.78 is 19.0. The number of rotatable bonds is 12. The van der Waals surface area contributed by atoms with Gasteiger partial charge in [-0.2, -0.15) is 0 Å². The van der Waals surface area contributed by atoms with Crippen LogP contribution in [0.25, 0.3) is 0 Å². The Bertz CT molecular complexity index is 716. The second-order valence-electron chi connectivity index (χ2n) is 5.23. The highest BCUT2D eigenvalue weighted by atomic mass is 16.5. The second-order valence-corrected chi connectivity index (χ2v) is 5.23. The van der Waals surface area contributed by atoms with Crippen molar-refractivity contribution in [2.24, 2.45) is 0 Å². The third-order valence-electron chi connectivity index (χ3n) is 3.47. The summed E-state index contributed by atoms with van der Waals surface area (Å²) in [6.45, 7) is 8.75. The molecule has 0 saturated heterocycles. The minimum atomic E-state index is -0.255. The maximum Gasteiger partial charge on any atom is 0.255 e. The molecule has 0 aromatic carbocycles.